The number of rotatable bonds is 12. The number of aryl methyl sites for hydroxylation is 1. The van der Waals surface area contributed by atoms with E-state index in [2.05, 4.69) is 32.7 Å². The van der Waals surface area contributed by atoms with Crippen molar-refractivity contribution in [2.45, 2.75) is 44.6 Å². The first-order valence-electron chi connectivity index (χ1n) is 10.4. The van der Waals surface area contributed by atoms with Crippen LogP contribution in [0.25, 0.3) is 0 Å². The summed E-state index contributed by atoms with van der Waals surface area (Å²) in [6, 6.07) is 8.36. The number of nitrogens with zero attached hydrogens (tertiary/aromatic N) is 3. The highest BCUT2D eigenvalue weighted by atomic mass is 16.5. The van der Waals surface area contributed by atoms with Crippen molar-refractivity contribution >= 4 is 11.9 Å². The van der Waals surface area contributed by atoms with Gasteiger partial charge in [0.05, 0.1) is 13.4 Å². The highest BCUT2D eigenvalue weighted by Crippen LogP contribution is 2.31. The SMILES string of the molecule is COc1ccccc1CN(CCCn1ccnc1)CC1CC1.O=C(O)C(O)C(O)C(=O)O. The van der Waals surface area contributed by atoms with E-state index in [-0.39, 0.29) is 0 Å². The number of aliphatic hydroxyl groups is 2. The van der Waals surface area contributed by atoms with Gasteiger partial charge in [-0.1, -0.05) is 18.2 Å². The van der Waals surface area contributed by atoms with Crippen molar-refractivity contribution in [2.75, 3.05) is 20.2 Å². The Balaban J connectivity index is 0.000000309. The summed E-state index contributed by atoms with van der Waals surface area (Å²) in [7, 11) is 1.75. The number of aliphatic hydroxyl groups excluding tert-OH is 2. The van der Waals surface area contributed by atoms with Crippen LogP contribution < -0.4 is 4.74 Å². The number of carbonyl (C=O) groups is 2. The molecule has 10 nitrogen and oxygen atoms in total. The molecule has 2 atom stereocenters. The number of aromatic nitrogens is 2. The van der Waals surface area contributed by atoms with Crippen LogP contribution in [0.3, 0.4) is 0 Å². The molecule has 0 spiro atoms. The number of hydrogen-bond acceptors (Lipinski definition) is 7. The summed E-state index contributed by atoms with van der Waals surface area (Å²) in [4.78, 5) is 26.2. The lowest BCUT2D eigenvalue weighted by atomic mass is 10.1. The molecule has 32 heavy (non-hydrogen) atoms. The van der Waals surface area contributed by atoms with Gasteiger partial charge in [0.15, 0.2) is 12.2 Å². The second-order valence-electron chi connectivity index (χ2n) is 7.71. The molecule has 10 heteroatoms. The minimum Gasteiger partial charge on any atom is -0.496 e. The van der Waals surface area contributed by atoms with Crippen LogP contribution in [0.5, 0.6) is 5.75 Å². The maximum absolute atomic E-state index is 9.77. The molecule has 1 aliphatic rings. The minimum atomic E-state index is -2.27. The molecule has 0 amide bonds. The number of hydrogen-bond donors (Lipinski definition) is 4. The fourth-order valence-corrected chi connectivity index (χ4v) is 3.14. The Labute approximate surface area is 186 Å². The van der Waals surface area contributed by atoms with Crippen LogP contribution in [-0.4, -0.2) is 79.2 Å². The molecule has 0 aliphatic heterocycles. The van der Waals surface area contributed by atoms with Gasteiger partial charge in [-0.05, 0) is 31.2 Å². The average Bonchev–Trinajstić information content (AvgIpc) is 3.44. The Morgan fingerprint density at radius 1 is 1.19 bits per heavy atom. The lowest BCUT2D eigenvalue weighted by molar-refractivity contribution is -0.165. The van der Waals surface area contributed by atoms with Gasteiger partial charge >= 0.3 is 11.9 Å². The molecule has 1 saturated carbocycles. The van der Waals surface area contributed by atoms with Gasteiger partial charge in [-0.25, -0.2) is 14.6 Å². The first-order chi connectivity index (χ1) is 15.3. The van der Waals surface area contributed by atoms with E-state index in [9.17, 15) is 9.59 Å². The van der Waals surface area contributed by atoms with E-state index in [1.165, 1.54) is 24.9 Å². The summed E-state index contributed by atoms with van der Waals surface area (Å²) < 4.78 is 7.64. The van der Waals surface area contributed by atoms with E-state index in [1.54, 1.807) is 7.11 Å². The fourth-order valence-electron chi connectivity index (χ4n) is 3.14. The third-order valence-electron chi connectivity index (χ3n) is 5.05. The zero-order valence-electron chi connectivity index (χ0n) is 18.1. The molecule has 1 aromatic heterocycles. The Hall–Kier alpha value is -2.95. The zero-order chi connectivity index (χ0) is 23.5. The Morgan fingerprint density at radius 3 is 2.38 bits per heavy atom. The third-order valence-corrected chi connectivity index (χ3v) is 5.05. The number of para-hydroxylation sites is 1. The van der Waals surface area contributed by atoms with Crippen molar-refractivity contribution < 1.29 is 34.8 Å². The van der Waals surface area contributed by atoms with Crippen molar-refractivity contribution in [3.63, 3.8) is 0 Å². The molecule has 4 N–H and O–H groups in total. The largest absolute Gasteiger partial charge is 0.496 e. The van der Waals surface area contributed by atoms with Crippen LogP contribution in [0.2, 0.25) is 0 Å². The fraction of sp³-hybridized carbons (Fsp3) is 0.500. The van der Waals surface area contributed by atoms with Crippen LogP contribution in [0.15, 0.2) is 43.0 Å². The van der Waals surface area contributed by atoms with Crippen LogP contribution >= 0.6 is 0 Å². The first-order valence-corrected chi connectivity index (χ1v) is 10.4. The predicted molar refractivity (Wildman–Crippen MR) is 115 cm³/mol. The van der Waals surface area contributed by atoms with Gasteiger partial charge in [-0.3, -0.25) is 4.90 Å². The van der Waals surface area contributed by atoms with Crippen LogP contribution in [-0.2, 0) is 22.7 Å². The van der Waals surface area contributed by atoms with Crippen molar-refractivity contribution in [1.82, 2.24) is 14.5 Å². The normalized spacial score (nSPS) is 14.9. The van der Waals surface area contributed by atoms with Gasteiger partial charge in [0.25, 0.3) is 0 Å². The third kappa shape index (κ3) is 8.66. The number of methoxy groups -OCH3 is 1. The number of ether oxygens (including phenoxy) is 1. The molecule has 1 heterocycles. The smallest absolute Gasteiger partial charge is 0.335 e. The summed E-state index contributed by atoms with van der Waals surface area (Å²) in [5, 5.41) is 32.5. The molecule has 2 aromatic rings. The van der Waals surface area contributed by atoms with Gasteiger partial charge in [0.2, 0.25) is 0 Å². The van der Waals surface area contributed by atoms with E-state index < -0.39 is 24.1 Å². The van der Waals surface area contributed by atoms with Gasteiger partial charge in [-0.2, -0.15) is 0 Å². The first kappa shape index (κ1) is 25.3. The maximum atomic E-state index is 9.77. The highest BCUT2D eigenvalue weighted by Gasteiger charge is 2.29. The summed E-state index contributed by atoms with van der Waals surface area (Å²) in [5.74, 6) is -1.63. The van der Waals surface area contributed by atoms with E-state index in [4.69, 9.17) is 25.2 Å². The topological polar surface area (TPSA) is 145 Å². The van der Waals surface area contributed by atoms with E-state index in [0.29, 0.717) is 0 Å². The monoisotopic (exact) mass is 449 g/mol. The number of benzene rings is 1. The van der Waals surface area contributed by atoms with Crippen LogP contribution in [0, 0.1) is 5.92 Å². The summed E-state index contributed by atoms with van der Waals surface area (Å²) in [6.45, 7) is 4.34. The van der Waals surface area contributed by atoms with E-state index in [1.807, 2.05) is 24.8 Å². The summed E-state index contributed by atoms with van der Waals surface area (Å²) in [5.41, 5.74) is 1.29. The lowest BCUT2D eigenvalue weighted by Gasteiger charge is -2.23. The summed E-state index contributed by atoms with van der Waals surface area (Å²) in [6.07, 6.45) is 5.18. The van der Waals surface area contributed by atoms with Crippen LogP contribution in [0.1, 0.15) is 24.8 Å². The number of imidazole rings is 1. The highest BCUT2D eigenvalue weighted by molar-refractivity contribution is 5.83. The van der Waals surface area contributed by atoms with Gasteiger partial charge in [0, 0.05) is 44.1 Å². The Kier molecular flexibility index (Phi) is 10.1. The Morgan fingerprint density at radius 2 is 1.84 bits per heavy atom. The second kappa shape index (κ2) is 12.8. The van der Waals surface area contributed by atoms with Crippen LogP contribution in [0.4, 0.5) is 0 Å². The number of carboxylic acid groups (broad SMARTS) is 2. The molecule has 0 bridgehead atoms. The average molecular weight is 450 g/mol. The second-order valence-corrected chi connectivity index (χ2v) is 7.71. The standard InChI is InChI=1S/C18H25N3O.C4H6O6/c1-22-18-6-3-2-5-17(18)14-21(13-16-7-8-16)11-4-10-20-12-9-19-15-20;5-1(3(7)8)2(6)4(9)10/h2-3,5-6,9,12,15-16H,4,7-8,10-11,13-14H2,1H3;1-2,5-6H,(H,7,8)(H,9,10). The molecular weight excluding hydrogens is 418 g/mol. The van der Waals surface area contributed by atoms with E-state index >= 15 is 0 Å². The maximum Gasteiger partial charge on any atom is 0.335 e. The quantitative estimate of drug-likeness (QED) is 0.374. The molecule has 0 saturated heterocycles. The minimum absolute atomic E-state index is 0.906. The predicted octanol–water partition coefficient (Wildman–Crippen LogP) is 1.07. The molecule has 1 aromatic carbocycles. The zero-order valence-corrected chi connectivity index (χ0v) is 18.1. The van der Waals surface area contributed by atoms with Gasteiger partial charge in [-0.15, -0.1) is 0 Å². The molecule has 2 unspecified atom stereocenters. The number of carboxylic acids is 2. The lowest BCUT2D eigenvalue weighted by Crippen LogP contribution is -2.39. The van der Waals surface area contributed by atoms with Gasteiger partial charge in [0.1, 0.15) is 5.75 Å². The molecule has 176 valence electrons. The van der Waals surface area contributed by atoms with E-state index in [0.717, 1.165) is 37.7 Å². The summed E-state index contributed by atoms with van der Waals surface area (Å²) >= 11 is 0. The van der Waals surface area contributed by atoms with Crippen molar-refractivity contribution in [3.8, 4) is 5.75 Å². The van der Waals surface area contributed by atoms with Crippen molar-refractivity contribution in [3.05, 3.63) is 48.5 Å². The van der Waals surface area contributed by atoms with Gasteiger partial charge < -0.3 is 29.7 Å². The van der Waals surface area contributed by atoms with Crippen molar-refractivity contribution in [2.24, 2.45) is 5.92 Å². The Bertz CT molecular complexity index is 822. The van der Waals surface area contributed by atoms with Crippen molar-refractivity contribution in [1.29, 1.82) is 0 Å². The molecule has 0 radical (unpaired) electrons. The molecule has 1 aliphatic carbocycles. The molecular formula is C22H31N3O7. The molecule has 1 fully saturated rings. The molecule has 3 rings (SSSR count). The number of aliphatic carboxylic acids is 2.